The molecule has 2 aromatic heterocycles. The minimum absolute atomic E-state index is 0.0326. The summed E-state index contributed by atoms with van der Waals surface area (Å²) in [7, 11) is 1.69. The Labute approximate surface area is 142 Å². The third-order valence-electron chi connectivity index (χ3n) is 3.83. The first kappa shape index (κ1) is 16.2. The van der Waals surface area contributed by atoms with Crippen LogP contribution < -0.4 is 0 Å². The lowest BCUT2D eigenvalue weighted by molar-refractivity contribution is -0.380. The SMILES string of the molecule is CCc1oc2ccccc2c1CN(C)C(=O)c1ccc([N+](=O)[O-])s1. The highest BCUT2D eigenvalue weighted by atomic mass is 32.1. The van der Waals surface area contributed by atoms with Crippen LogP contribution in [0.25, 0.3) is 11.0 Å². The molecule has 0 N–H and O–H groups in total. The maximum atomic E-state index is 12.5. The third kappa shape index (κ3) is 2.90. The molecule has 2 heterocycles. The number of nitrogens with zero attached hydrogens (tertiary/aromatic N) is 2. The van der Waals surface area contributed by atoms with E-state index in [-0.39, 0.29) is 10.9 Å². The molecule has 6 nitrogen and oxygen atoms in total. The lowest BCUT2D eigenvalue weighted by Crippen LogP contribution is -2.25. The van der Waals surface area contributed by atoms with Gasteiger partial charge in [0.05, 0.1) is 9.80 Å². The molecule has 0 saturated carbocycles. The Morgan fingerprint density at radius 3 is 2.71 bits per heavy atom. The minimum atomic E-state index is -0.486. The van der Waals surface area contributed by atoms with Gasteiger partial charge in [-0.05, 0) is 12.1 Å². The molecule has 0 aliphatic heterocycles. The highest BCUT2D eigenvalue weighted by Gasteiger charge is 2.21. The largest absolute Gasteiger partial charge is 0.461 e. The summed E-state index contributed by atoms with van der Waals surface area (Å²) in [6.45, 7) is 2.40. The second-order valence-corrected chi connectivity index (χ2v) is 6.47. The van der Waals surface area contributed by atoms with Gasteiger partial charge in [-0.1, -0.05) is 36.5 Å². The third-order valence-corrected chi connectivity index (χ3v) is 4.85. The van der Waals surface area contributed by atoms with Crippen LogP contribution >= 0.6 is 11.3 Å². The van der Waals surface area contributed by atoms with Crippen LogP contribution in [0.2, 0.25) is 0 Å². The topological polar surface area (TPSA) is 76.6 Å². The summed E-state index contributed by atoms with van der Waals surface area (Å²) in [5.41, 5.74) is 1.78. The summed E-state index contributed by atoms with van der Waals surface area (Å²) in [5.74, 6) is 0.619. The van der Waals surface area contributed by atoms with Gasteiger partial charge in [-0.2, -0.15) is 0 Å². The number of fused-ring (bicyclic) bond motifs is 1. The molecule has 3 aromatic rings. The predicted molar refractivity (Wildman–Crippen MR) is 92.4 cm³/mol. The van der Waals surface area contributed by atoms with Crippen LogP contribution in [-0.2, 0) is 13.0 Å². The van der Waals surface area contributed by atoms with E-state index < -0.39 is 4.92 Å². The molecule has 3 rings (SSSR count). The van der Waals surface area contributed by atoms with Gasteiger partial charge in [-0.15, -0.1) is 0 Å². The van der Waals surface area contributed by atoms with Crippen molar-refractivity contribution in [1.82, 2.24) is 4.90 Å². The van der Waals surface area contributed by atoms with Gasteiger partial charge in [0.1, 0.15) is 11.3 Å². The van der Waals surface area contributed by atoms with Crippen LogP contribution in [0.5, 0.6) is 0 Å². The quantitative estimate of drug-likeness (QED) is 0.512. The van der Waals surface area contributed by atoms with Crippen LogP contribution in [0.15, 0.2) is 40.8 Å². The second-order valence-electron chi connectivity index (χ2n) is 5.41. The van der Waals surface area contributed by atoms with Gasteiger partial charge in [0.15, 0.2) is 0 Å². The number of rotatable bonds is 5. The molecule has 0 radical (unpaired) electrons. The first-order valence-corrected chi connectivity index (χ1v) is 8.32. The number of nitro groups is 1. The van der Waals surface area contributed by atoms with E-state index >= 15 is 0 Å². The Bertz CT molecular complexity index is 912. The highest BCUT2D eigenvalue weighted by molar-refractivity contribution is 7.17. The zero-order chi connectivity index (χ0) is 17.3. The van der Waals surface area contributed by atoms with Crippen LogP contribution in [0, 0.1) is 10.1 Å². The Hall–Kier alpha value is -2.67. The minimum Gasteiger partial charge on any atom is -0.461 e. The number of para-hydroxylation sites is 1. The first-order chi connectivity index (χ1) is 11.5. The maximum absolute atomic E-state index is 12.5. The van der Waals surface area contributed by atoms with Gasteiger partial charge in [0.25, 0.3) is 5.91 Å². The van der Waals surface area contributed by atoms with E-state index in [0.29, 0.717) is 11.4 Å². The zero-order valence-corrected chi connectivity index (χ0v) is 14.1. The van der Waals surface area contributed by atoms with E-state index in [1.54, 1.807) is 11.9 Å². The standard InChI is InChI=1S/C17H16N2O4S/c1-3-13-12(11-6-4-5-7-14(11)23-13)10-18(2)17(20)15-8-9-16(24-15)19(21)22/h4-9H,3,10H2,1-2H3. The summed E-state index contributed by atoms with van der Waals surface area (Å²) in [6.07, 6.45) is 0.733. The molecule has 124 valence electrons. The average molecular weight is 344 g/mol. The number of furan rings is 1. The lowest BCUT2D eigenvalue weighted by atomic mass is 10.1. The van der Waals surface area contributed by atoms with Crippen LogP contribution in [0.3, 0.4) is 0 Å². The molecule has 0 spiro atoms. The number of carbonyl (C=O) groups is 1. The lowest BCUT2D eigenvalue weighted by Gasteiger charge is -2.16. The van der Waals surface area contributed by atoms with Crippen molar-refractivity contribution in [3.63, 3.8) is 0 Å². The zero-order valence-electron chi connectivity index (χ0n) is 13.3. The highest BCUT2D eigenvalue weighted by Crippen LogP contribution is 2.29. The fourth-order valence-electron chi connectivity index (χ4n) is 2.65. The Balaban J connectivity index is 1.87. The Kier molecular flexibility index (Phi) is 4.35. The van der Waals surface area contributed by atoms with Crippen molar-refractivity contribution in [2.75, 3.05) is 7.05 Å². The van der Waals surface area contributed by atoms with Crippen molar-refractivity contribution in [2.45, 2.75) is 19.9 Å². The van der Waals surface area contributed by atoms with Crippen molar-refractivity contribution < 1.29 is 14.1 Å². The summed E-state index contributed by atoms with van der Waals surface area (Å²) in [5, 5.41) is 11.7. The summed E-state index contributed by atoms with van der Waals surface area (Å²) < 4.78 is 5.85. The van der Waals surface area contributed by atoms with E-state index in [9.17, 15) is 14.9 Å². The number of amides is 1. The van der Waals surface area contributed by atoms with Crippen LogP contribution in [0.1, 0.15) is 27.9 Å². The Morgan fingerprint density at radius 2 is 2.04 bits per heavy atom. The van der Waals surface area contributed by atoms with E-state index in [4.69, 9.17) is 4.42 Å². The van der Waals surface area contributed by atoms with Gasteiger partial charge >= 0.3 is 5.00 Å². The molecule has 1 amide bonds. The Morgan fingerprint density at radius 1 is 1.29 bits per heavy atom. The molecule has 0 saturated heterocycles. The molecular formula is C17H16N2O4S. The molecule has 0 aliphatic carbocycles. The second kappa shape index (κ2) is 6.45. The summed E-state index contributed by atoms with van der Waals surface area (Å²) >= 11 is 0.890. The smallest absolute Gasteiger partial charge is 0.324 e. The summed E-state index contributed by atoms with van der Waals surface area (Å²) in [6, 6.07) is 10.6. The van der Waals surface area contributed by atoms with Gasteiger partial charge in [-0.3, -0.25) is 14.9 Å². The van der Waals surface area contributed by atoms with Crippen molar-refractivity contribution >= 4 is 33.2 Å². The van der Waals surface area contributed by atoms with Gasteiger partial charge in [0.2, 0.25) is 0 Å². The molecule has 7 heteroatoms. The maximum Gasteiger partial charge on any atom is 0.324 e. The van der Waals surface area contributed by atoms with Crippen LogP contribution in [-0.4, -0.2) is 22.8 Å². The number of carbonyl (C=O) groups excluding carboxylic acids is 1. The fraction of sp³-hybridized carbons (Fsp3) is 0.235. The fourth-order valence-corrected chi connectivity index (χ4v) is 3.46. The number of benzene rings is 1. The number of hydrogen-bond acceptors (Lipinski definition) is 5. The normalized spacial score (nSPS) is 10.9. The number of hydrogen-bond donors (Lipinski definition) is 0. The molecule has 24 heavy (non-hydrogen) atoms. The van der Waals surface area contributed by atoms with Crippen molar-refractivity contribution in [1.29, 1.82) is 0 Å². The first-order valence-electron chi connectivity index (χ1n) is 7.50. The molecular weight excluding hydrogens is 328 g/mol. The van der Waals surface area contributed by atoms with Gasteiger partial charge in [0, 0.05) is 37.0 Å². The van der Waals surface area contributed by atoms with E-state index in [0.717, 1.165) is 40.1 Å². The van der Waals surface area contributed by atoms with Crippen molar-refractivity contribution in [3.05, 3.63) is 62.7 Å². The summed E-state index contributed by atoms with van der Waals surface area (Å²) in [4.78, 5) is 24.7. The predicted octanol–water partition coefficient (Wildman–Crippen LogP) is 4.24. The van der Waals surface area contributed by atoms with Gasteiger partial charge < -0.3 is 9.32 Å². The molecule has 0 atom stereocenters. The van der Waals surface area contributed by atoms with Crippen molar-refractivity contribution in [3.8, 4) is 0 Å². The number of aryl methyl sites for hydroxylation is 1. The average Bonchev–Trinajstić information content (AvgIpc) is 3.19. The monoisotopic (exact) mass is 344 g/mol. The van der Waals surface area contributed by atoms with Crippen molar-refractivity contribution in [2.24, 2.45) is 0 Å². The molecule has 0 aliphatic rings. The number of thiophene rings is 1. The van der Waals surface area contributed by atoms with Crippen LogP contribution in [0.4, 0.5) is 5.00 Å². The molecule has 0 fully saturated rings. The molecule has 0 unspecified atom stereocenters. The molecule has 0 bridgehead atoms. The van der Waals surface area contributed by atoms with Gasteiger partial charge in [-0.25, -0.2) is 0 Å². The van der Waals surface area contributed by atoms with E-state index in [2.05, 4.69) is 0 Å². The van der Waals surface area contributed by atoms with E-state index in [1.165, 1.54) is 12.1 Å². The van der Waals surface area contributed by atoms with E-state index in [1.807, 2.05) is 31.2 Å². The molecule has 1 aromatic carbocycles.